The fourth-order valence-corrected chi connectivity index (χ4v) is 7.84. The number of sulfone groups is 1. The highest BCUT2D eigenvalue weighted by Gasteiger charge is 2.63. The lowest BCUT2D eigenvalue weighted by molar-refractivity contribution is -0.139. The first kappa shape index (κ1) is 31.3. The monoisotopic (exact) mass is 591 g/mol. The average Bonchev–Trinajstić information content (AvgIpc) is 3.55. The van der Waals surface area contributed by atoms with E-state index in [1.54, 1.807) is 12.1 Å². The predicted molar refractivity (Wildman–Crippen MR) is 155 cm³/mol. The van der Waals surface area contributed by atoms with E-state index < -0.39 is 39.8 Å². The number of nitrogens with one attached hydrogen (secondary N) is 2. The van der Waals surface area contributed by atoms with Crippen LogP contribution in [-0.4, -0.2) is 83.6 Å². The molecule has 2 saturated carbocycles. The number of rotatable bonds is 11. The van der Waals surface area contributed by atoms with E-state index in [2.05, 4.69) is 26.1 Å². The molecule has 2 amide bonds. The number of likely N-dealkylation sites (tertiary alicyclic amines) is 1. The van der Waals surface area contributed by atoms with Crippen molar-refractivity contribution in [2.45, 2.75) is 96.9 Å². The van der Waals surface area contributed by atoms with Crippen molar-refractivity contribution in [2.24, 2.45) is 16.7 Å². The molecular formula is C30H45N3O7S. The fourth-order valence-electron chi connectivity index (χ4n) is 6.96. The van der Waals surface area contributed by atoms with E-state index in [0.717, 1.165) is 19.3 Å². The highest BCUT2D eigenvalue weighted by molar-refractivity contribution is 7.91. The summed E-state index contributed by atoms with van der Waals surface area (Å²) in [5.74, 6) is -1.00. The van der Waals surface area contributed by atoms with Gasteiger partial charge >= 0.3 is 0 Å². The molecule has 0 spiro atoms. The quantitative estimate of drug-likeness (QED) is 0.228. The molecule has 5 unspecified atom stereocenters. The van der Waals surface area contributed by atoms with E-state index in [-0.39, 0.29) is 52.9 Å². The first-order valence-corrected chi connectivity index (χ1v) is 16.5. The molecule has 1 aromatic rings. The van der Waals surface area contributed by atoms with E-state index in [0.29, 0.717) is 30.9 Å². The topological polar surface area (TPSA) is 157 Å². The highest BCUT2D eigenvalue weighted by Crippen LogP contribution is 2.66. The molecule has 1 aliphatic heterocycles. The standard InChI is InChI=1S/C30H45N3O7S/c1-5-41(38,39)16-13-22(32-27(36)24(35)17-19-8-10-21(34)11-9-19)28(37)33-15-6-7-23(33)26(31)40-25-18-20-12-14-30(25,4)29(20,2)3/h8-11,20,22-25,31,34-35H,5-7,12-18H2,1-4H3,(H,32,36)/t20?,22?,23?,24?,25?,30-/m1/s1. The largest absolute Gasteiger partial charge is 0.508 e. The zero-order valence-corrected chi connectivity index (χ0v) is 25.4. The van der Waals surface area contributed by atoms with Gasteiger partial charge in [0.05, 0.1) is 5.75 Å². The molecule has 1 aromatic carbocycles. The van der Waals surface area contributed by atoms with Crippen LogP contribution in [0.2, 0.25) is 0 Å². The van der Waals surface area contributed by atoms with E-state index in [4.69, 9.17) is 10.1 Å². The number of amides is 2. The van der Waals surface area contributed by atoms with Crippen LogP contribution < -0.4 is 5.32 Å². The number of phenols is 1. The molecule has 2 aliphatic carbocycles. The highest BCUT2D eigenvalue weighted by atomic mass is 32.2. The molecule has 11 heteroatoms. The SMILES string of the molecule is CCS(=O)(=O)CCC(NC(=O)C(O)Cc1ccc(O)cc1)C(=O)N1CCCC1C(=N)OC1CC2CC[C@@]1(C)C2(C)C. The van der Waals surface area contributed by atoms with Gasteiger partial charge in [0.1, 0.15) is 39.9 Å². The minimum atomic E-state index is -3.42. The van der Waals surface area contributed by atoms with Crippen LogP contribution in [0.3, 0.4) is 0 Å². The molecule has 228 valence electrons. The molecule has 6 atom stereocenters. The van der Waals surface area contributed by atoms with E-state index in [1.807, 2.05) is 0 Å². The normalized spacial score (nSPS) is 28.3. The Morgan fingerprint density at radius 1 is 1.20 bits per heavy atom. The number of phenolic OH excluding ortho intramolecular Hbond substituents is 1. The van der Waals surface area contributed by atoms with Gasteiger partial charge < -0.3 is 25.2 Å². The van der Waals surface area contributed by atoms with Crippen LogP contribution in [0.25, 0.3) is 0 Å². The molecule has 4 N–H and O–H groups in total. The Bertz CT molecular complexity index is 1250. The zero-order valence-electron chi connectivity index (χ0n) is 24.6. The number of hydrogen-bond donors (Lipinski definition) is 4. The summed E-state index contributed by atoms with van der Waals surface area (Å²) in [5.41, 5.74) is 0.685. The average molecular weight is 592 g/mol. The van der Waals surface area contributed by atoms with Gasteiger partial charge in [-0.15, -0.1) is 0 Å². The Balaban J connectivity index is 1.45. The Kier molecular flexibility index (Phi) is 9.09. The molecule has 41 heavy (non-hydrogen) atoms. The molecular weight excluding hydrogens is 546 g/mol. The lowest BCUT2D eigenvalue weighted by Crippen LogP contribution is -2.54. The van der Waals surface area contributed by atoms with Gasteiger partial charge in [0.15, 0.2) is 0 Å². The van der Waals surface area contributed by atoms with Gasteiger partial charge in [0.2, 0.25) is 17.7 Å². The number of carbonyl (C=O) groups is 2. The first-order valence-electron chi connectivity index (χ1n) is 14.7. The van der Waals surface area contributed by atoms with Gasteiger partial charge in [0, 0.05) is 24.1 Å². The Morgan fingerprint density at radius 2 is 1.88 bits per heavy atom. The Labute approximate surface area is 243 Å². The maximum absolute atomic E-state index is 13.8. The molecule has 0 radical (unpaired) electrons. The molecule has 4 rings (SSSR count). The number of hydrogen-bond acceptors (Lipinski definition) is 8. The minimum absolute atomic E-state index is 0.0391. The van der Waals surface area contributed by atoms with Crippen molar-refractivity contribution >= 4 is 27.5 Å². The number of fused-ring (bicyclic) bond motifs is 2. The van der Waals surface area contributed by atoms with Crippen molar-refractivity contribution in [1.29, 1.82) is 5.41 Å². The number of carbonyl (C=O) groups excluding carboxylic acids is 2. The minimum Gasteiger partial charge on any atom is -0.508 e. The zero-order chi connectivity index (χ0) is 30.2. The summed E-state index contributed by atoms with van der Waals surface area (Å²) in [7, 11) is -3.42. The van der Waals surface area contributed by atoms with Crippen LogP contribution >= 0.6 is 0 Å². The lowest BCUT2D eigenvalue weighted by Gasteiger charge is -2.40. The maximum atomic E-state index is 13.8. The van der Waals surface area contributed by atoms with E-state index in [9.17, 15) is 28.2 Å². The van der Waals surface area contributed by atoms with Crippen molar-refractivity contribution in [2.75, 3.05) is 18.1 Å². The summed E-state index contributed by atoms with van der Waals surface area (Å²) in [6, 6.07) is 4.30. The predicted octanol–water partition coefficient (Wildman–Crippen LogP) is 2.80. The van der Waals surface area contributed by atoms with Crippen LogP contribution in [0.5, 0.6) is 5.75 Å². The van der Waals surface area contributed by atoms with Gasteiger partial charge in [0.25, 0.3) is 0 Å². The second kappa shape index (κ2) is 11.9. The van der Waals surface area contributed by atoms with Crippen molar-refractivity contribution in [3.8, 4) is 5.75 Å². The van der Waals surface area contributed by atoms with Crippen molar-refractivity contribution in [3.05, 3.63) is 29.8 Å². The molecule has 3 aliphatic rings. The molecule has 10 nitrogen and oxygen atoms in total. The number of aromatic hydroxyl groups is 1. The lowest BCUT2D eigenvalue weighted by atomic mass is 9.70. The number of ether oxygens (including phenoxy) is 1. The second-order valence-electron chi connectivity index (χ2n) is 12.7. The summed E-state index contributed by atoms with van der Waals surface area (Å²) in [6.45, 7) is 8.68. The molecule has 0 aromatic heterocycles. The number of aliphatic hydroxyl groups is 1. The van der Waals surface area contributed by atoms with Crippen LogP contribution in [0, 0.1) is 22.2 Å². The molecule has 2 bridgehead atoms. The summed E-state index contributed by atoms with van der Waals surface area (Å²) in [5, 5.41) is 31.5. The third-order valence-corrected chi connectivity index (χ3v) is 12.0. The van der Waals surface area contributed by atoms with Crippen LogP contribution in [0.1, 0.15) is 71.8 Å². The Hall–Kier alpha value is -2.66. The van der Waals surface area contributed by atoms with E-state index >= 15 is 0 Å². The van der Waals surface area contributed by atoms with Gasteiger partial charge in [-0.1, -0.05) is 39.8 Å². The fraction of sp³-hybridized carbons (Fsp3) is 0.700. The van der Waals surface area contributed by atoms with Gasteiger partial charge in [-0.2, -0.15) is 0 Å². The van der Waals surface area contributed by atoms with Crippen molar-refractivity contribution < 1.29 is 33.0 Å². The number of benzene rings is 1. The number of nitrogens with zero attached hydrogens (tertiary/aromatic N) is 1. The third kappa shape index (κ3) is 6.40. The Morgan fingerprint density at radius 3 is 2.46 bits per heavy atom. The van der Waals surface area contributed by atoms with Gasteiger partial charge in [-0.25, -0.2) is 8.42 Å². The van der Waals surface area contributed by atoms with Crippen LogP contribution in [0.4, 0.5) is 0 Å². The summed E-state index contributed by atoms with van der Waals surface area (Å²) < 4.78 is 30.9. The smallest absolute Gasteiger partial charge is 0.249 e. The summed E-state index contributed by atoms with van der Waals surface area (Å²) in [6.07, 6.45) is 2.56. The molecule has 1 heterocycles. The van der Waals surface area contributed by atoms with Crippen molar-refractivity contribution in [3.63, 3.8) is 0 Å². The second-order valence-corrected chi connectivity index (χ2v) is 15.2. The van der Waals surface area contributed by atoms with E-state index in [1.165, 1.54) is 24.0 Å². The summed E-state index contributed by atoms with van der Waals surface area (Å²) >= 11 is 0. The first-order chi connectivity index (χ1) is 19.2. The van der Waals surface area contributed by atoms with Crippen molar-refractivity contribution in [1.82, 2.24) is 10.2 Å². The van der Waals surface area contributed by atoms with Crippen LogP contribution in [-0.2, 0) is 30.6 Å². The van der Waals surface area contributed by atoms with Crippen LogP contribution in [0.15, 0.2) is 24.3 Å². The number of aliphatic hydroxyl groups excluding tert-OH is 1. The summed E-state index contributed by atoms with van der Waals surface area (Å²) in [4.78, 5) is 28.3. The van der Waals surface area contributed by atoms with Gasteiger partial charge in [-0.3, -0.25) is 15.0 Å². The maximum Gasteiger partial charge on any atom is 0.249 e. The third-order valence-electron chi connectivity index (χ3n) is 10.3. The van der Waals surface area contributed by atoms with Gasteiger partial charge in [-0.05, 0) is 67.6 Å². The molecule has 1 saturated heterocycles. The molecule has 3 fully saturated rings.